The van der Waals surface area contributed by atoms with Crippen molar-refractivity contribution >= 4 is 0 Å². The average Bonchev–Trinajstić information content (AvgIpc) is 1.98. The molecule has 1 aromatic carbocycles. The molecule has 0 aliphatic rings. The third kappa shape index (κ3) is 1.83. The van der Waals surface area contributed by atoms with Crippen molar-refractivity contribution in [2.24, 2.45) is 5.18 Å². The molecule has 0 atom stereocenters. The molecule has 0 N–H and O–H groups in total. The maximum Gasteiger partial charge on any atom is 0.126 e. The van der Waals surface area contributed by atoms with Gasteiger partial charge in [-0.2, -0.15) is 4.91 Å². The molecular weight excluding hydrogens is 145 g/mol. The summed E-state index contributed by atoms with van der Waals surface area (Å²) >= 11 is 0. The van der Waals surface area contributed by atoms with Gasteiger partial charge in [0.15, 0.2) is 0 Å². The van der Waals surface area contributed by atoms with E-state index in [0.717, 1.165) is 0 Å². The normalized spacial score (nSPS) is 9.64. The summed E-state index contributed by atoms with van der Waals surface area (Å²) in [6.45, 7) is 1.71. The summed E-state index contributed by atoms with van der Waals surface area (Å²) in [6.07, 6.45) is 0. The Morgan fingerprint density at radius 1 is 1.55 bits per heavy atom. The van der Waals surface area contributed by atoms with E-state index in [1.807, 2.05) is 0 Å². The van der Waals surface area contributed by atoms with Gasteiger partial charge in [0.1, 0.15) is 12.4 Å². The molecule has 0 fully saturated rings. The molecule has 0 spiro atoms. The Labute approximate surface area is 64.0 Å². The van der Waals surface area contributed by atoms with Gasteiger partial charge in [-0.15, -0.1) is 0 Å². The van der Waals surface area contributed by atoms with Crippen LogP contribution in [0.5, 0.6) is 0 Å². The van der Waals surface area contributed by atoms with Crippen molar-refractivity contribution in [2.75, 3.05) is 0 Å². The van der Waals surface area contributed by atoms with Gasteiger partial charge in [0.25, 0.3) is 0 Å². The number of hydrogen-bond donors (Lipinski definition) is 0. The minimum absolute atomic E-state index is 0.0389. The first-order valence-corrected chi connectivity index (χ1v) is 3.28. The topological polar surface area (TPSA) is 29.4 Å². The van der Waals surface area contributed by atoms with Gasteiger partial charge in [-0.3, -0.25) is 0 Å². The van der Waals surface area contributed by atoms with Crippen molar-refractivity contribution in [2.45, 2.75) is 13.5 Å². The zero-order valence-electron chi connectivity index (χ0n) is 6.17. The van der Waals surface area contributed by atoms with Gasteiger partial charge in [0.2, 0.25) is 0 Å². The standard InChI is InChI=1S/C8H8FNO/c1-6-2-3-7(5-10-11)4-8(6)9/h2-4H,5H2,1H3. The van der Waals surface area contributed by atoms with Crippen LogP contribution in [0.1, 0.15) is 11.1 Å². The maximum absolute atomic E-state index is 12.8. The molecule has 1 aromatic rings. The fourth-order valence-electron chi connectivity index (χ4n) is 0.809. The Kier molecular flexibility index (Phi) is 2.31. The van der Waals surface area contributed by atoms with Crippen LogP contribution in [-0.4, -0.2) is 0 Å². The molecule has 58 valence electrons. The second-order valence-corrected chi connectivity index (χ2v) is 2.37. The molecule has 0 saturated heterocycles. The average molecular weight is 153 g/mol. The van der Waals surface area contributed by atoms with Crippen molar-refractivity contribution in [1.29, 1.82) is 0 Å². The summed E-state index contributed by atoms with van der Waals surface area (Å²) in [5, 5.41) is 2.66. The van der Waals surface area contributed by atoms with Crippen molar-refractivity contribution in [1.82, 2.24) is 0 Å². The van der Waals surface area contributed by atoms with E-state index < -0.39 is 0 Å². The number of halogens is 1. The number of hydrogen-bond acceptors (Lipinski definition) is 2. The fourth-order valence-corrected chi connectivity index (χ4v) is 0.809. The highest BCUT2D eigenvalue weighted by atomic mass is 19.1. The minimum Gasteiger partial charge on any atom is -0.207 e. The van der Waals surface area contributed by atoms with Gasteiger partial charge in [0, 0.05) is 0 Å². The van der Waals surface area contributed by atoms with Gasteiger partial charge >= 0.3 is 0 Å². The van der Waals surface area contributed by atoms with Crippen LogP contribution in [0.2, 0.25) is 0 Å². The lowest BCUT2D eigenvalue weighted by Crippen LogP contribution is -1.85. The summed E-state index contributed by atoms with van der Waals surface area (Å²) < 4.78 is 12.8. The predicted octanol–water partition coefficient (Wildman–Crippen LogP) is 2.40. The van der Waals surface area contributed by atoms with Crippen LogP contribution in [0.25, 0.3) is 0 Å². The number of nitroso groups, excluding NO2 is 1. The van der Waals surface area contributed by atoms with E-state index in [1.165, 1.54) is 6.07 Å². The second kappa shape index (κ2) is 3.23. The lowest BCUT2D eigenvalue weighted by molar-refractivity contribution is 0.616. The first-order chi connectivity index (χ1) is 5.24. The first-order valence-electron chi connectivity index (χ1n) is 3.28. The van der Waals surface area contributed by atoms with Crippen molar-refractivity contribution in [3.05, 3.63) is 40.1 Å². The van der Waals surface area contributed by atoms with Gasteiger partial charge < -0.3 is 0 Å². The van der Waals surface area contributed by atoms with Crippen LogP contribution < -0.4 is 0 Å². The van der Waals surface area contributed by atoms with E-state index in [0.29, 0.717) is 11.1 Å². The smallest absolute Gasteiger partial charge is 0.126 e. The lowest BCUT2D eigenvalue weighted by atomic mass is 10.1. The Balaban J connectivity index is 2.95. The summed E-state index contributed by atoms with van der Waals surface area (Å²) in [4.78, 5) is 9.80. The van der Waals surface area contributed by atoms with Gasteiger partial charge in [-0.05, 0) is 24.1 Å². The highest BCUT2D eigenvalue weighted by Gasteiger charge is 1.97. The number of rotatable bonds is 2. The van der Waals surface area contributed by atoms with E-state index in [2.05, 4.69) is 5.18 Å². The molecule has 0 aromatic heterocycles. The largest absolute Gasteiger partial charge is 0.207 e. The molecule has 0 heterocycles. The molecule has 11 heavy (non-hydrogen) atoms. The van der Waals surface area contributed by atoms with Crippen LogP contribution in [0.4, 0.5) is 4.39 Å². The Morgan fingerprint density at radius 2 is 2.27 bits per heavy atom. The molecule has 0 unspecified atom stereocenters. The molecule has 0 aliphatic carbocycles. The highest BCUT2D eigenvalue weighted by Crippen LogP contribution is 2.09. The van der Waals surface area contributed by atoms with Crippen LogP contribution in [-0.2, 0) is 6.54 Å². The van der Waals surface area contributed by atoms with Crippen LogP contribution >= 0.6 is 0 Å². The van der Waals surface area contributed by atoms with Crippen molar-refractivity contribution in [3.8, 4) is 0 Å². The first kappa shape index (κ1) is 7.85. The van der Waals surface area contributed by atoms with Crippen LogP contribution in [0.15, 0.2) is 23.4 Å². The third-order valence-electron chi connectivity index (χ3n) is 1.48. The molecular formula is C8H8FNO. The second-order valence-electron chi connectivity index (χ2n) is 2.37. The highest BCUT2D eigenvalue weighted by molar-refractivity contribution is 5.23. The lowest BCUT2D eigenvalue weighted by Gasteiger charge is -1.97. The maximum atomic E-state index is 12.8. The molecule has 3 heteroatoms. The molecule has 0 bridgehead atoms. The zero-order valence-corrected chi connectivity index (χ0v) is 6.17. The van der Waals surface area contributed by atoms with Gasteiger partial charge in [-0.1, -0.05) is 17.3 Å². The van der Waals surface area contributed by atoms with Crippen LogP contribution in [0.3, 0.4) is 0 Å². The van der Waals surface area contributed by atoms with Crippen molar-refractivity contribution < 1.29 is 4.39 Å². The predicted molar refractivity (Wildman–Crippen MR) is 40.6 cm³/mol. The fraction of sp³-hybridized carbons (Fsp3) is 0.250. The SMILES string of the molecule is Cc1ccc(CN=O)cc1F. The van der Waals surface area contributed by atoms with E-state index in [-0.39, 0.29) is 12.4 Å². The summed E-state index contributed by atoms with van der Waals surface area (Å²) in [5.74, 6) is -0.286. The van der Waals surface area contributed by atoms with Gasteiger partial charge in [0.05, 0.1) is 0 Å². The summed E-state index contributed by atoms with van der Waals surface area (Å²) in [5.41, 5.74) is 1.20. The van der Waals surface area contributed by atoms with Crippen LogP contribution in [0, 0.1) is 17.6 Å². The molecule has 2 nitrogen and oxygen atoms in total. The quantitative estimate of drug-likeness (QED) is 0.600. The Hall–Kier alpha value is -1.25. The number of benzene rings is 1. The molecule has 0 saturated carbocycles. The number of aryl methyl sites for hydroxylation is 1. The van der Waals surface area contributed by atoms with Crippen molar-refractivity contribution in [3.63, 3.8) is 0 Å². The molecule has 0 radical (unpaired) electrons. The molecule has 1 rings (SSSR count). The number of nitrogens with zero attached hydrogens (tertiary/aromatic N) is 1. The van der Waals surface area contributed by atoms with Gasteiger partial charge in [-0.25, -0.2) is 4.39 Å². The van der Waals surface area contributed by atoms with E-state index in [9.17, 15) is 9.30 Å². The zero-order chi connectivity index (χ0) is 8.27. The summed E-state index contributed by atoms with van der Waals surface area (Å²) in [6, 6.07) is 4.66. The van der Waals surface area contributed by atoms with E-state index in [1.54, 1.807) is 19.1 Å². The monoisotopic (exact) mass is 153 g/mol. The third-order valence-corrected chi connectivity index (χ3v) is 1.48. The molecule has 0 amide bonds. The minimum atomic E-state index is -0.286. The van der Waals surface area contributed by atoms with E-state index in [4.69, 9.17) is 0 Å². The Morgan fingerprint density at radius 3 is 2.82 bits per heavy atom. The summed E-state index contributed by atoms with van der Waals surface area (Å²) in [7, 11) is 0. The Bertz CT molecular complexity index is 273. The molecule has 0 aliphatic heterocycles. The van der Waals surface area contributed by atoms with E-state index >= 15 is 0 Å².